The number of aromatic nitrogens is 2. The normalized spacial score (nSPS) is 12.3. The maximum absolute atomic E-state index is 12.0. The van der Waals surface area contributed by atoms with Gasteiger partial charge in [0.1, 0.15) is 6.04 Å². The Bertz CT molecular complexity index is 606. The first-order chi connectivity index (χ1) is 9.11. The van der Waals surface area contributed by atoms with Gasteiger partial charge < -0.3 is 10.4 Å². The second kappa shape index (κ2) is 5.51. The van der Waals surface area contributed by atoms with Crippen molar-refractivity contribution in [3.8, 4) is 0 Å². The second-order valence-electron chi connectivity index (χ2n) is 4.32. The first kappa shape index (κ1) is 13.1. The topological polar surface area (TPSA) is 95.1 Å². The van der Waals surface area contributed by atoms with Crippen molar-refractivity contribution in [2.75, 3.05) is 0 Å². The van der Waals surface area contributed by atoms with Crippen LogP contribution >= 0.6 is 0 Å². The van der Waals surface area contributed by atoms with Crippen molar-refractivity contribution >= 4 is 22.8 Å². The van der Waals surface area contributed by atoms with Crippen LogP contribution in [0.5, 0.6) is 0 Å². The maximum Gasteiger partial charge on any atom is 0.326 e. The third kappa shape index (κ3) is 2.90. The SMILES string of the molecule is CCCC(NC(=O)c1ccc2[nH]ncc2c1)C(=O)O. The Morgan fingerprint density at radius 3 is 2.95 bits per heavy atom. The van der Waals surface area contributed by atoms with E-state index in [1.54, 1.807) is 24.4 Å². The van der Waals surface area contributed by atoms with Gasteiger partial charge in [0, 0.05) is 10.9 Å². The van der Waals surface area contributed by atoms with Crippen LogP contribution in [0, 0.1) is 0 Å². The quantitative estimate of drug-likeness (QED) is 0.760. The minimum atomic E-state index is -1.01. The van der Waals surface area contributed by atoms with Gasteiger partial charge in [-0.2, -0.15) is 5.10 Å². The predicted octanol–water partition coefficient (Wildman–Crippen LogP) is 1.55. The summed E-state index contributed by atoms with van der Waals surface area (Å²) in [6.07, 6.45) is 2.72. The molecule has 1 aromatic carbocycles. The summed E-state index contributed by atoms with van der Waals surface area (Å²) in [7, 11) is 0. The largest absolute Gasteiger partial charge is 0.480 e. The molecular formula is C13H15N3O3. The van der Waals surface area contributed by atoms with Crippen LogP contribution in [0.15, 0.2) is 24.4 Å². The van der Waals surface area contributed by atoms with Crippen LogP contribution < -0.4 is 5.32 Å². The summed E-state index contributed by atoms with van der Waals surface area (Å²) in [5.74, 6) is -1.40. The molecule has 0 bridgehead atoms. The fourth-order valence-electron chi connectivity index (χ4n) is 1.87. The highest BCUT2D eigenvalue weighted by Crippen LogP contribution is 2.13. The number of nitrogens with one attached hydrogen (secondary N) is 2. The highest BCUT2D eigenvalue weighted by atomic mass is 16.4. The summed E-state index contributed by atoms with van der Waals surface area (Å²) >= 11 is 0. The highest BCUT2D eigenvalue weighted by molar-refractivity contribution is 5.99. The van der Waals surface area contributed by atoms with Crippen molar-refractivity contribution in [1.82, 2.24) is 15.5 Å². The van der Waals surface area contributed by atoms with E-state index in [1.807, 2.05) is 6.92 Å². The number of benzene rings is 1. The molecule has 1 heterocycles. The summed E-state index contributed by atoms with van der Waals surface area (Å²) in [5, 5.41) is 19.0. The number of fused-ring (bicyclic) bond motifs is 1. The number of rotatable bonds is 5. The number of amides is 1. The van der Waals surface area contributed by atoms with Crippen LogP contribution in [0.25, 0.3) is 10.9 Å². The monoisotopic (exact) mass is 261 g/mol. The standard InChI is InChI=1S/C13H15N3O3/c1-2-3-11(13(18)19)15-12(17)8-4-5-10-9(6-8)7-14-16-10/h4-7,11H,2-3H2,1H3,(H,14,16)(H,15,17)(H,18,19). The molecule has 6 heteroatoms. The molecule has 3 N–H and O–H groups in total. The Morgan fingerprint density at radius 2 is 2.26 bits per heavy atom. The molecule has 1 amide bonds. The van der Waals surface area contributed by atoms with Gasteiger partial charge in [-0.05, 0) is 24.6 Å². The molecule has 0 spiro atoms. The van der Waals surface area contributed by atoms with Gasteiger partial charge in [0.05, 0.1) is 11.7 Å². The molecule has 1 aromatic heterocycles. The number of hydrogen-bond donors (Lipinski definition) is 3. The Labute approximate surface area is 109 Å². The minimum Gasteiger partial charge on any atom is -0.480 e. The summed E-state index contributed by atoms with van der Waals surface area (Å²) in [5.41, 5.74) is 1.26. The van der Waals surface area contributed by atoms with Crippen molar-refractivity contribution in [2.45, 2.75) is 25.8 Å². The first-order valence-electron chi connectivity index (χ1n) is 6.08. The summed E-state index contributed by atoms with van der Waals surface area (Å²) in [4.78, 5) is 23.0. The molecule has 6 nitrogen and oxygen atoms in total. The number of carboxylic acids is 1. The molecule has 2 aromatic rings. The van der Waals surface area contributed by atoms with Crippen LogP contribution in [0.2, 0.25) is 0 Å². The van der Waals surface area contributed by atoms with E-state index in [-0.39, 0.29) is 5.91 Å². The molecule has 0 fully saturated rings. The zero-order valence-corrected chi connectivity index (χ0v) is 10.5. The number of carbonyl (C=O) groups excluding carboxylic acids is 1. The number of aromatic amines is 1. The molecule has 0 aliphatic heterocycles. The lowest BCUT2D eigenvalue weighted by Crippen LogP contribution is -2.40. The van der Waals surface area contributed by atoms with Crippen LogP contribution in [0.4, 0.5) is 0 Å². The van der Waals surface area contributed by atoms with Crippen molar-refractivity contribution in [2.24, 2.45) is 0 Å². The van der Waals surface area contributed by atoms with Gasteiger partial charge in [0.15, 0.2) is 0 Å². The van der Waals surface area contributed by atoms with Crippen LogP contribution in [0.1, 0.15) is 30.1 Å². The number of hydrogen-bond acceptors (Lipinski definition) is 3. The Morgan fingerprint density at radius 1 is 1.47 bits per heavy atom. The Kier molecular flexibility index (Phi) is 3.79. The molecule has 100 valence electrons. The molecule has 1 unspecified atom stereocenters. The number of nitrogens with zero attached hydrogens (tertiary/aromatic N) is 1. The van der Waals surface area contributed by atoms with E-state index in [4.69, 9.17) is 5.11 Å². The van der Waals surface area contributed by atoms with E-state index in [1.165, 1.54) is 0 Å². The molecule has 0 radical (unpaired) electrons. The number of carbonyl (C=O) groups is 2. The van der Waals surface area contributed by atoms with E-state index in [0.717, 1.165) is 10.9 Å². The van der Waals surface area contributed by atoms with E-state index < -0.39 is 12.0 Å². The van der Waals surface area contributed by atoms with Crippen molar-refractivity contribution in [3.05, 3.63) is 30.0 Å². The molecule has 0 aliphatic carbocycles. The molecule has 0 saturated carbocycles. The molecular weight excluding hydrogens is 246 g/mol. The summed E-state index contributed by atoms with van der Waals surface area (Å²) in [6.45, 7) is 1.87. The van der Waals surface area contributed by atoms with Crippen molar-refractivity contribution in [1.29, 1.82) is 0 Å². The fourth-order valence-corrected chi connectivity index (χ4v) is 1.87. The van der Waals surface area contributed by atoms with Gasteiger partial charge in [-0.25, -0.2) is 4.79 Å². The van der Waals surface area contributed by atoms with Crippen molar-refractivity contribution in [3.63, 3.8) is 0 Å². The van der Waals surface area contributed by atoms with E-state index in [2.05, 4.69) is 15.5 Å². The van der Waals surface area contributed by atoms with Crippen LogP contribution in [0.3, 0.4) is 0 Å². The van der Waals surface area contributed by atoms with Gasteiger partial charge in [-0.1, -0.05) is 13.3 Å². The molecule has 19 heavy (non-hydrogen) atoms. The fraction of sp³-hybridized carbons (Fsp3) is 0.308. The maximum atomic E-state index is 12.0. The lowest BCUT2D eigenvalue weighted by molar-refractivity contribution is -0.139. The third-order valence-electron chi connectivity index (χ3n) is 2.88. The molecule has 1 atom stereocenters. The van der Waals surface area contributed by atoms with E-state index in [9.17, 15) is 9.59 Å². The first-order valence-corrected chi connectivity index (χ1v) is 6.08. The number of aliphatic carboxylic acids is 1. The lowest BCUT2D eigenvalue weighted by atomic mass is 10.1. The van der Waals surface area contributed by atoms with E-state index >= 15 is 0 Å². The Balaban J connectivity index is 2.16. The van der Waals surface area contributed by atoms with Gasteiger partial charge >= 0.3 is 5.97 Å². The zero-order chi connectivity index (χ0) is 13.8. The van der Waals surface area contributed by atoms with Gasteiger partial charge in [0.25, 0.3) is 5.91 Å². The molecule has 2 rings (SSSR count). The van der Waals surface area contributed by atoms with Crippen LogP contribution in [-0.4, -0.2) is 33.2 Å². The number of H-pyrrole nitrogens is 1. The van der Waals surface area contributed by atoms with Crippen molar-refractivity contribution < 1.29 is 14.7 Å². The average molecular weight is 261 g/mol. The Hall–Kier alpha value is -2.37. The van der Waals surface area contributed by atoms with Gasteiger partial charge in [0.2, 0.25) is 0 Å². The predicted molar refractivity (Wildman–Crippen MR) is 69.9 cm³/mol. The third-order valence-corrected chi connectivity index (χ3v) is 2.88. The minimum absolute atomic E-state index is 0.385. The molecule has 0 saturated heterocycles. The smallest absolute Gasteiger partial charge is 0.326 e. The van der Waals surface area contributed by atoms with Gasteiger partial charge in [-0.15, -0.1) is 0 Å². The highest BCUT2D eigenvalue weighted by Gasteiger charge is 2.19. The number of carboxylic acid groups (broad SMARTS) is 1. The lowest BCUT2D eigenvalue weighted by Gasteiger charge is -2.13. The average Bonchev–Trinajstić information content (AvgIpc) is 2.85. The summed E-state index contributed by atoms with van der Waals surface area (Å²) < 4.78 is 0. The zero-order valence-electron chi connectivity index (χ0n) is 10.5. The second-order valence-corrected chi connectivity index (χ2v) is 4.32. The van der Waals surface area contributed by atoms with Gasteiger partial charge in [-0.3, -0.25) is 9.89 Å². The van der Waals surface area contributed by atoms with Crippen LogP contribution in [-0.2, 0) is 4.79 Å². The molecule has 0 aliphatic rings. The summed E-state index contributed by atoms with van der Waals surface area (Å²) in [6, 6.07) is 4.21. The van der Waals surface area contributed by atoms with E-state index in [0.29, 0.717) is 18.4 Å².